The summed E-state index contributed by atoms with van der Waals surface area (Å²) in [6.07, 6.45) is 2.36. The van der Waals surface area contributed by atoms with E-state index in [4.69, 9.17) is 4.74 Å². The molecule has 1 heterocycles. The van der Waals surface area contributed by atoms with Crippen molar-refractivity contribution >= 4 is 5.78 Å². The fourth-order valence-corrected chi connectivity index (χ4v) is 2.46. The molecule has 104 valence electrons. The average Bonchev–Trinajstić information content (AvgIpc) is 2.40. The van der Waals surface area contributed by atoms with Crippen molar-refractivity contribution in [2.75, 3.05) is 26.2 Å². The van der Waals surface area contributed by atoms with Crippen LogP contribution in [0.4, 0.5) is 4.39 Å². The molecule has 4 heteroatoms. The Labute approximate surface area is 113 Å². The van der Waals surface area contributed by atoms with Gasteiger partial charge in [-0.2, -0.15) is 0 Å². The molecule has 1 fully saturated rings. The molecule has 0 spiro atoms. The zero-order chi connectivity index (χ0) is 13.7. The van der Waals surface area contributed by atoms with E-state index >= 15 is 0 Å². The standard InChI is InChI=1S/C15H20FNO2/c1-2-19-14-4-3-9-17(10-14)11-15(18)12-5-7-13(16)8-6-12/h5-8,14H,2-4,9-11H2,1H3. The van der Waals surface area contributed by atoms with Gasteiger partial charge in [-0.15, -0.1) is 0 Å². The van der Waals surface area contributed by atoms with Crippen molar-refractivity contribution < 1.29 is 13.9 Å². The number of halogens is 1. The monoisotopic (exact) mass is 265 g/mol. The molecule has 0 bridgehead atoms. The highest BCUT2D eigenvalue weighted by molar-refractivity contribution is 5.97. The quantitative estimate of drug-likeness (QED) is 0.766. The molecule has 1 aromatic carbocycles. The molecule has 0 aliphatic carbocycles. The molecule has 1 unspecified atom stereocenters. The first kappa shape index (κ1) is 14.2. The third kappa shape index (κ3) is 4.11. The number of ether oxygens (including phenoxy) is 1. The van der Waals surface area contributed by atoms with E-state index in [-0.39, 0.29) is 17.7 Å². The van der Waals surface area contributed by atoms with E-state index in [0.29, 0.717) is 18.7 Å². The maximum atomic E-state index is 12.8. The van der Waals surface area contributed by atoms with Gasteiger partial charge < -0.3 is 4.74 Å². The lowest BCUT2D eigenvalue weighted by atomic mass is 10.1. The summed E-state index contributed by atoms with van der Waals surface area (Å²) in [5.41, 5.74) is 0.569. The van der Waals surface area contributed by atoms with Crippen molar-refractivity contribution in [2.24, 2.45) is 0 Å². The fourth-order valence-electron chi connectivity index (χ4n) is 2.46. The molecule has 1 aromatic rings. The van der Waals surface area contributed by atoms with Crippen LogP contribution in [0.25, 0.3) is 0 Å². The number of hydrogen-bond donors (Lipinski definition) is 0. The molecule has 1 saturated heterocycles. The summed E-state index contributed by atoms with van der Waals surface area (Å²) in [7, 11) is 0. The molecule has 0 aromatic heterocycles. The van der Waals surface area contributed by atoms with Gasteiger partial charge in [0.2, 0.25) is 0 Å². The SMILES string of the molecule is CCOC1CCCN(CC(=O)c2ccc(F)cc2)C1. The van der Waals surface area contributed by atoms with Gasteiger partial charge in [-0.3, -0.25) is 9.69 Å². The largest absolute Gasteiger partial charge is 0.377 e. The summed E-state index contributed by atoms with van der Waals surface area (Å²) in [6.45, 7) is 4.82. The van der Waals surface area contributed by atoms with Gasteiger partial charge in [0.05, 0.1) is 12.6 Å². The maximum absolute atomic E-state index is 12.8. The lowest BCUT2D eigenvalue weighted by molar-refractivity contribution is 0.00718. The van der Waals surface area contributed by atoms with Crippen LogP contribution in [0.1, 0.15) is 30.1 Å². The summed E-state index contributed by atoms with van der Waals surface area (Å²) in [5, 5.41) is 0. The van der Waals surface area contributed by atoms with E-state index < -0.39 is 0 Å². The molecule has 0 saturated carbocycles. The van der Waals surface area contributed by atoms with Gasteiger partial charge in [0, 0.05) is 18.7 Å². The Morgan fingerprint density at radius 3 is 2.84 bits per heavy atom. The first-order valence-electron chi connectivity index (χ1n) is 6.81. The van der Waals surface area contributed by atoms with Crippen LogP contribution in [0.15, 0.2) is 24.3 Å². The van der Waals surface area contributed by atoms with E-state index in [1.165, 1.54) is 12.1 Å². The van der Waals surface area contributed by atoms with E-state index in [1.54, 1.807) is 12.1 Å². The lowest BCUT2D eigenvalue weighted by Crippen LogP contribution is -2.42. The fraction of sp³-hybridized carbons (Fsp3) is 0.533. The second-order valence-corrected chi connectivity index (χ2v) is 4.88. The lowest BCUT2D eigenvalue weighted by Gasteiger charge is -2.31. The van der Waals surface area contributed by atoms with Crippen LogP contribution >= 0.6 is 0 Å². The van der Waals surface area contributed by atoms with Crippen molar-refractivity contribution in [3.8, 4) is 0 Å². The van der Waals surface area contributed by atoms with E-state index in [2.05, 4.69) is 4.90 Å². The van der Waals surface area contributed by atoms with Crippen LogP contribution in [0.2, 0.25) is 0 Å². The highest BCUT2D eigenvalue weighted by Crippen LogP contribution is 2.14. The summed E-state index contributed by atoms with van der Waals surface area (Å²) >= 11 is 0. The van der Waals surface area contributed by atoms with Crippen LogP contribution in [0.3, 0.4) is 0 Å². The Kier molecular flexibility index (Phi) is 5.05. The van der Waals surface area contributed by atoms with Gasteiger partial charge in [-0.1, -0.05) is 0 Å². The van der Waals surface area contributed by atoms with Gasteiger partial charge >= 0.3 is 0 Å². The molecular weight excluding hydrogens is 245 g/mol. The normalized spacial score (nSPS) is 20.4. The van der Waals surface area contributed by atoms with Crippen LogP contribution in [0, 0.1) is 5.82 Å². The minimum absolute atomic E-state index is 0.0390. The molecule has 1 atom stereocenters. The van der Waals surface area contributed by atoms with Crippen LogP contribution in [-0.4, -0.2) is 43.0 Å². The number of piperidine rings is 1. The summed E-state index contributed by atoms with van der Waals surface area (Å²) in [6, 6.07) is 5.74. The van der Waals surface area contributed by atoms with Crippen LogP contribution < -0.4 is 0 Å². The zero-order valence-corrected chi connectivity index (χ0v) is 11.3. The number of Topliss-reactive ketones (excluding diaryl/α,β-unsaturated/α-hetero) is 1. The van der Waals surface area contributed by atoms with Crippen molar-refractivity contribution in [3.63, 3.8) is 0 Å². The summed E-state index contributed by atoms with van der Waals surface area (Å²) < 4.78 is 18.4. The van der Waals surface area contributed by atoms with E-state index in [0.717, 1.165) is 25.9 Å². The number of ketones is 1. The summed E-state index contributed by atoms with van der Waals surface area (Å²) in [5.74, 6) is -0.275. The van der Waals surface area contributed by atoms with Gasteiger partial charge in [-0.05, 0) is 50.6 Å². The second-order valence-electron chi connectivity index (χ2n) is 4.88. The van der Waals surface area contributed by atoms with E-state index in [9.17, 15) is 9.18 Å². The Bertz CT molecular complexity index is 417. The van der Waals surface area contributed by atoms with Gasteiger partial charge in [0.1, 0.15) is 5.82 Å². The predicted molar refractivity (Wildman–Crippen MR) is 71.8 cm³/mol. The zero-order valence-electron chi connectivity index (χ0n) is 11.3. The molecule has 0 N–H and O–H groups in total. The van der Waals surface area contributed by atoms with Crippen molar-refractivity contribution in [3.05, 3.63) is 35.6 Å². The first-order valence-corrected chi connectivity index (χ1v) is 6.81. The molecule has 19 heavy (non-hydrogen) atoms. The van der Waals surface area contributed by atoms with Gasteiger partial charge in [-0.25, -0.2) is 4.39 Å². The highest BCUT2D eigenvalue weighted by Gasteiger charge is 2.22. The predicted octanol–water partition coefficient (Wildman–Crippen LogP) is 2.51. The second kappa shape index (κ2) is 6.78. The number of rotatable bonds is 5. The Balaban J connectivity index is 1.89. The van der Waals surface area contributed by atoms with Gasteiger partial charge in [0.25, 0.3) is 0 Å². The molecule has 3 nitrogen and oxygen atoms in total. The minimum atomic E-state index is -0.314. The smallest absolute Gasteiger partial charge is 0.176 e. The molecule has 1 aliphatic rings. The molecule has 1 aliphatic heterocycles. The molecule has 0 radical (unpaired) electrons. The van der Waals surface area contributed by atoms with Crippen molar-refractivity contribution in [2.45, 2.75) is 25.9 Å². The molecule has 0 amide bonds. The Morgan fingerprint density at radius 2 is 2.16 bits per heavy atom. The van der Waals surface area contributed by atoms with Crippen molar-refractivity contribution in [1.29, 1.82) is 0 Å². The molecular formula is C15H20FNO2. The summed E-state index contributed by atoms with van der Waals surface area (Å²) in [4.78, 5) is 14.2. The van der Waals surface area contributed by atoms with Crippen LogP contribution in [-0.2, 0) is 4.74 Å². The number of benzene rings is 1. The number of nitrogens with zero attached hydrogens (tertiary/aromatic N) is 1. The highest BCUT2D eigenvalue weighted by atomic mass is 19.1. The Morgan fingerprint density at radius 1 is 1.42 bits per heavy atom. The number of hydrogen-bond acceptors (Lipinski definition) is 3. The van der Waals surface area contributed by atoms with Crippen molar-refractivity contribution in [1.82, 2.24) is 4.90 Å². The average molecular weight is 265 g/mol. The Hall–Kier alpha value is -1.26. The van der Waals surface area contributed by atoms with Gasteiger partial charge in [0.15, 0.2) is 5.78 Å². The number of carbonyl (C=O) groups is 1. The maximum Gasteiger partial charge on any atom is 0.176 e. The number of likely N-dealkylation sites (tertiary alicyclic amines) is 1. The van der Waals surface area contributed by atoms with E-state index in [1.807, 2.05) is 6.92 Å². The topological polar surface area (TPSA) is 29.5 Å². The third-order valence-electron chi connectivity index (χ3n) is 3.40. The third-order valence-corrected chi connectivity index (χ3v) is 3.40. The molecule has 2 rings (SSSR count). The first-order chi connectivity index (χ1) is 9.19. The van der Waals surface area contributed by atoms with Crippen LogP contribution in [0.5, 0.6) is 0 Å². The number of carbonyl (C=O) groups excluding carboxylic acids is 1. The minimum Gasteiger partial charge on any atom is -0.377 e.